The van der Waals surface area contributed by atoms with E-state index in [0.717, 1.165) is 12.3 Å². The van der Waals surface area contributed by atoms with E-state index in [9.17, 15) is 5.21 Å². The Bertz CT molecular complexity index is 352. The van der Waals surface area contributed by atoms with Gasteiger partial charge >= 0.3 is 0 Å². The van der Waals surface area contributed by atoms with Gasteiger partial charge in [-0.15, -0.1) is 0 Å². The Morgan fingerprint density at radius 1 is 0.917 bits per heavy atom. The predicted octanol–water partition coefficient (Wildman–Crippen LogP) is 6.52. The van der Waals surface area contributed by atoms with E-state index in [-0.39, 0.29) is 6.04 Å². The third-order valence-electron chi connectivity index (χ3n) is 4.80. The summed E-state index contributed by atoms with van der Waals surface area (Å²) in [6, 6.07) is 0.214. The largest absolute Gasteiger partial charge is 0.287 e. The molecule has 0 saturated carbocycles. The lowest BCUT2D eigenvalue weighted by atomic mass is 10.0. The minimum absolute atomic E-state index is 0.214. The Labute approximate surface area is 150 Å². The van der Waals surface area contributed by atoms with E-state index in [2.05, 4.69) is 18.0 Å². The van der Waals surface area contributed by atoms with Crippen molar-refractivity contribution < 1.29 is 5.21 Å². The molecular formula is C21H40N2O. The maximum absolute atomic E-state index is 9.63. The topological polar surface area (TPSA) is 35.8 Å². The number of allylic oxidation sites excluding steroid dienone is 1. The van der Waals surface area contributed by atoms with Crippen LogP contribution in [0, 0.1) is 0 Å². The molecule has 140 valence electrons. The smallest absolute Gasteiger partial charge is 0.147 e. The average molecular weight is 337 g/mol. The standard InChI is InChI=1S/C21H40N2O/c1-3-4-5-6-7-8-9-10-11-12-13-14-15-16-17-18-21-22-20(2)19-23(21)24/h17-18,20,24H,3-16,19H2,1-2H3. The first-order valence-corrected chi connectivity index (χ1v) is 10.4. The molecule has 1 N–H and O–H groups in total. The fourth-order valence-electron chi connectivity index (χ4n) is 3.27. The molecular weight excluding hydrogens is 296 g/mol. The van der Waals surface area contributed by atoms with Gasteiger partial charge in [-0.3, -0.25) is 10.2 Å². The second-order valence-corrected chi connectivity index (χ2v) is 7.35. The first kappa shape index (κ1) is 21.2. The van der Waals surface area contributed by atoms with Gasteiger partial charge in [0.05, 0.1) is 12.6 Å². The van der Waals surface area contributed by atoms with Gasteiger partial charge < -0.3 is 0 Å². The normalized spacial score (nSPS) is 17.9. The van der Waals surface area contributed by atoms with Gasteiger partial charge in [0.2, 0.25) is 0 Å². The van der Waals surface area contributed by atoms with Crippen molar-refractivity contribution in [1.29, 1.82) is 0 Å². The lowest BCUT2D eigenvalue weighted by Crippen LogP contribution is -2.23. The molecule has 1 heterocycles. The number of hydrogen-bond donors (Lipinski definition) is 1. The summed E-state index contributed by atoms with van der Waals surface area (Å²) in [6.07, 6.45) is 23.4. The summed E-state index contributed by atoms with van der Waals surface area (Å²) in [5.74, 6) is 0.720. The molecule has 0 amide bonds. The van der Waals surface area contributed by atoms with Crippen LogP contribution < -0.4 is 0 Å². The van der Waals surface area contributed by atoms with Crippen LogP contribution in [0.1, 0.15) is 104 Å². The molecule has 0 aromatic heterocycles. The Kier molecular flexibility index (Phi) is 12.8. The van der Waals surface area contributed by atoms with Crippen molar-refractivity contribution in [2.75, 3.05) is 6.54 Å². The van der Waals surface area contributed by atoms with E-state index in [0.29, 0.717) is 6.54 Å². The lowest BCUT2D eigenvalue weighted by molar-refractivity contribution is -0.00603. The molecule has 0 aromatic carbocycles. The van der Waals surface area contributed by atoms with Gasteiger partial charge in [0.15, 0.2) is 0 Å². The van der Waals surface area contributed by atoms with Crippen molar-refractivity contribution >= 4 is 5.84 Å². The van der Waals surface area contributed by atoms with Gasteiger partial charge in [-0.2, -0.15) is 0 Å². The predicted molar refractivity (Wildman–Crippen MR) is 105 cm³/mol. The molecule has 0 bridgehead atoms. The van der Waals surface area contributed by atoms with Crippen LogP contribution in [0.4, 0.5) is 0 Å². The van der Waals surface area contributed by atoms with Gasteiger partial charge in [0, 0.05) is 0 Å². The number of rotatable bonds is 15. The summed E-state index contributed by atoms with van der Waals surface area (Å²) in [5, 5.41) is 10.9. The van der Waals surface area contributed by atoms with Gasteiger partial charge in [0.25, 0.3) is 0 Å². The second kappa shape index (κ2) is 14.5. The van der Waals surface area contributed by atoms with Crippen molar-refractivity contribution in [3.05, 3.63) is 12.2 Å². The Morgan fingerprint density at radius 3 is 1.88 bits per heavy atom. The summed E-state index contributed by atoms with van der Waals surface area (Å²) in [5.41, 5.74) is 0. The highest BCUT2D eigenvalue weighted by Crippen LogP contribution is 2.13. The van der Waals surface area contributed by atoms with Crippen LogP contribution in [0.15, 0.2) is 17.1 Å². The maximum Gasteiger partial charge on any atom is 0.147 e. The van der Waals surface area contributed by atoms with Crippen LogP contribution >= 0.6 is 0 Å². The maximum atomic E-state index is 9.63. The van der Waals surface area contributed by atoms with Crippen LogP contribution in [0.2, 0.25) is 0 Å². The summed E-state index contributed by atoms with van der Waals surface area (Å²) < 4.78 is 0. The van der Waals surface area contributed by atoms with Crippen LogP contribution in [-0.4, -0.2) is 28.7 Å². The molecule has 1 atom stereocenters. The molecule has 24 heavy (non-hydrogen) atoms. The minimum Gasteiger partial charge on any atom is -0.287 e. The van der Waals surface area contributed by atoms with E-state index in [1.54, 1.807) is 0 Å². The summed E-state index contributed by atoms with van der Waals surface area (Å²) >= 11 is 0. The van der Waals surface area contributed by atoms with E-state index >= 15 is 0 Å². The van der Waals surface area contributed by atoms with E-state index in [1.165, 1.54) is 88.5 Å². The van der Waals surface area contributed by atoms with Crippen molar-refractivity contribution in [2.24, 2.45) is 4.99 Å². The first-order chi connectivity index (χ1) is 11.7. The number of amidine groups is 1. The number of hydroxylamine groups is 2. The zero-order valence-electron chi connectivity index (χ0n) is 16.2. The molecule has 1 unspecified atom stereocenters. The Morgan fingerprint density at radius 2 is 1.42 bits per heavy atom. The van der Waals surface area contributed by atoms with E-state index < -0.39 is 0 Å². The van der Waals surface area contributed by atoms with Crippen LogP contribution in [-0.2, 0) is 0 Å². The van der Waals surface area contributed by atoms with Crippen LogP contribution in [0.25, 0.3) is 0 Å². The highest BCUT2D eigenvalue weighted by atomic mass is 16.5. The molecule has 3 heteroatoms. The molecule has 0 fully saturated rings. The quantitative estimate of drug-likeness (QED) is 0.346. The first-order valence-electron chi connectivity index (χ1n) is 10.4. The van der Waals surface area contributed by atoms with Crippen molar-refractivity contribution in [1.82, 2.24) is 5.06 Å². The molecule has 1 aliphatic heterocycles. The number of nitrogens with zero attached hydrogens (tertiary/aromatic N) is 2. The molecule has 0 aliphatic carbocycles. The zero-order valence-corrected chi connectivity index (χ0v) is 16.2. The van der Waals surface area contributed by atoms with Crippen molar-refractivity contribution in [3.63, 3.8) is 0 Å². The second-order valence-electron chi connectivity index (χ2n) is 7.35. The summed E-state index contributed by atoms with van der Waals surface area (Å²) in [4.78, 5) is 4.38. The highest BCUT2D eigenvalue weighted by molar-refractivity contribution is 5.93. The minimum atomic E-state index is 0.214. The third kappa shape index (κ3) is 10.9. The van der Waals surface area contributed by atoms with Gasteiger partial charge in [-0.1, -0.05) is 90.0 Å². The van der Waals surface area contributed by atoms with Gasteiger partial charge in [-0.25, -0.2) is 5.06 Å². The number of unbranched alkanes of at least 4 members (excludes halogenated alkanes) is 13. The Hall–Kier alpha value is -0.830. The lowest BCUT2D eigenvalue weighted by Gasteiger charge is -2.07. The molecule has 1 rings (SSSR count). The number of aliphatic imine (C=N–C) groups is 1. The van der Waals surface area contributed by atoms with Crippen LogP contribution in [0.5, 0.6) is 0 Å². The molecule has 0 saturated heterocycles. The van der Waals surface area contributed by atoms with Gasteiger partial charge in [0.1, 0.15) is 5.84 Å². The van der Waals surface area contributed by atoms with Crippen LogP contribution in [0.3, 0.4) is 0 Å². The fraction of sp³-hybridized carbons (Fsp3) is 0.857. The monoisotopic (exact) mass is 336 g/mol. The molecule has 1 aliphatic rings. The summed E-state index contributed by atoms with van der Waals surface area (Å²) in [7, 11) is 0. The molecule has 0 radical (unpaired) electrons. The zero-order chi connectivity index (χ0) is 17.5. The fourth-order valence-corrected chi connectivity index (χ4v) is 3.27. The van der Waals surface area contributed by atoms with Gasteiger partial charge in [-0.05, 0) is 25.8 Å². The average Bonchev–Trinajstić information content (AvgIpc) is 2.88. The van der Waals surface area contributed by atoms with E-state index in [4.69, 9.17) is 0 Å². The van der Waals surface area contributed by atoms with Crippen molar-refractivity contribution in [3.8, 4) is 0 Å². The Balaban J connectivity index is 1.80. The molecule has 0 aromatic rings. The molecule has 3 nitrogen and oxygen atoms in total. The summed E-state index contributed by atoms with van der Waals surface area (Å²) in [6.45, 7) is 4.93. The SMILES string of the molecule is CCCCCCCCCCCCCCCC=CC1=NC(C)CN1O. The highest BCUT2D eigenvalue weighted by Gasteiger charge is 2.17. The number of hydrogen-bond acceptors (Lipinski definition) is 3. The third-order valence-corrected chi connectivity index (χ3v) is 4.80. The molecule has 0 spiro atoms. The van der Waals surface area contributed by atoms with E-state index in [1.807, 2.05) is 13.0 Å². The van der Waals surface area contributed by atoms with Crippen molar-refractivity contribution in [2.45, 2.75) is 110 Å².